The average Bonchev–Trinajstić information content (AvgIpc) is 2.25. The zero-order valence-corrected chi connectivity index (χ0v) is 6.40. The van der Waals surface area contributed by atoms with E-state index in [2.05, 4.69) is 0 Å². The summed E-state index contributed by atoms with van der Waals surface area (Å²) in [6.45, 7) is 0. The van der Waals surface area contributed by atoms with Crippen LogP contribution in [0, 0.1) is 11.8 Å². The molecule has 52 valence electrons. The van der Waals surface area contributed by atoms with Crippen LogP contribution in [0.25, 0.3) is 0 Å². The molecule has 0 aliphatic heterocycles. The van der Waals surface area contributed by atoms with Gasteiger partial charge >= 0.3 is 0 Å². The molecule has 3 unspecified atom stereocenters. The van der Waals surface area contributed by atoms with Crippen molar-refractivity contribution < 1.29 is 0 Å². The summed E-state index contributed by atoms with van der Waals surface area (Å²) in [5.41, 5.74) is 0. The lowest BCUT2D eigenvalue weighted by Crippen LogP contribution is -2.17. The molecular formula is C8H13Cl. The van der Waals surface area contributed by atoms with E-state index in [0.29, 0.717) is 5.38 Å². The summed E-state index contributed by atoms with van der Waals surface area (Å²) in [6, 6.07) is 0. The molecule has 0 N–H and O–H groups in total. The molecule has 2 fully saturated rings. The van der Waals surface area contributed by atoms with Gasteiger partial charge in [0.25, 0.3) is 0 Å². The molecule has 9 heavy (non-hydrogen) atoms. The fraction of sp³-hybridized carbons (Fsp3) is 1.00. The first kappa shape index (κ1) is 6.03. The summed E-state index contributed by atoms with van der Waals surface area (Å²) >= 11 is 6.11. The van der Waals surface area contributed by atoms with Gasteiger partial charge < -0.3 is 0 Å². The fourth-order valence-electron chi connectivity index (χ4n) is 2.33. The third-order valence-electron chi connectivity index (χ3n) is 2.94. The van der Waals surface area contributed by atoms with E-state index in [1.54, 1.807) is 0 Å². The number of hydrogen-bond donors (Lipinski definition) is 0. The maximum absolute atomic E-state index is 6.11. The Hall–Kier alpha value is 0.290. The smallest absolute Gasteiger partial charge is 0.0364 e. The predicted molar refractivity (Wildman–Crippen MR) is 39.7 cm³/mol. The molecule has 0 aromatic heterocycles. The second-order valence-corrected chi connectivity index (χ2v) is 4.09. The molecule has 2 rings (SSSR count). The van der Waals surface area contributed by atoms with Gasteiger partial charge in [-0.3, -0.25) is 0 Å². The standard InChI is InChI=1S/C8H13Cl/c9-8-4-2-6-1-3-7(8)5-6/h6-8H,1-5H2. The maximum Gasteiger partial charge on any atom is 0.0364 e. The largest absolute Gasteiger partial charge is 0.123 e. The maximum atomic E-state index is 6.11. The van der Waals surface area contributed by atoms with Crippen molar-refractivity contribution in [1.82, 2.24) is 0 Å². The summed E-state index contributed by atoms with van der Waals surface area (Å²) in [4.78, 5) is 0. The van der Waals surface area contributed by atoms with Crippen molar-refractivity contribution >= 4 is 11.6 Å². The normalized spacial score (nSPS) is 49.7. The number of alkyl halides is 1. The summed E-state index contributed by atoms with van der Waals surface area (Å²) < 4.78 is 0. The van der Waals surface area contributed by atoms with E-state index < -0.39 is 0 Å². The molecule has 1 heteroatoms. The molecule has 2 saturated carbocycles. The Kier molecular flexibility index (Phi) is 1.45. The molecule has 0 amide bonds. The van der Waals surface area contributed by atoms with Crippen LogP contribution in [0.3, 0.4) is 0 Å². The van der Waals surface area contributed by atoms with E-state index in [4.69, 9.17) is 11.6 Å². The second kappa shape index (κ2) is 2.16. The van der Waals surface area contributed by atoms with Crippen molar-refractivity contribution in [1.29, 1.82) is 0 Å². The van der Waals surface area contributed by atoms with Crippen LogP contribution in [0.15, 0.2) is 0 Å². The number of halogens is 1. The van der Waals surface area contributed by atoms with Crippen LogP contribution < -0.4 is 0 Å². The molecule has 2 aliphatic rings. The van der Waals surface area contributed by atoms with Gasteiger partial charge in [-0.15, -0.1) is 11.6 Å². The zero-order chi connectivity index (χ0) is 6.27. The SMILES string of the molecule is ClC1CCC2CCC1C2. The van der Waals surface area contributed by atoms with Crippen molar-refractivity contribution in [2.45, 2.75) is 37.5 Å². The minimum atomic E-state index is 0.531. The molecule has 2 bridgehead atoms. The first-order valence-corrected chi connectivity index (χ1v) is 4.44. The molecule has 0 aromatic carbocycles. The molecule has 3 atom stereocenters. The Morgan fingerprint density at radius 1 is 1.00 bits per heavy atom. The van der Waals surface area contributed by atoms with Gasteiger partial charge in [-0.1, -0.05) is 6.42 Å². The average molecular weight is 145 g/mol. The Labute approximate surface area is 61.6 Å². The minimum Gasteiger partial charge on any atom is -0.123 e. The number of fused-ring (bicyclic) bond motifs is 2. The lowest BCUT2D eigenvalue weighted by molar-refractivity contribution is 0.365. The van der Waals surface area contributed by atoms with Gasteiger partial charge in [-0.2, -0.15) is 0 Å². The summed E-state index contributed by atoms with van der Waals surface area (Å²) in [6.07, 6.45) is 7.02. The van der Waals surface area contributed by atoms with Gasteiger partial charge in [0.05, 0.1) is 0 Å². The van der Waals surface area contributed by atoms with Gasteiger partial charge in [0.2, 0.25) is 0 Å². The molecule has 0 heterocycles. The highest BCUT2D eigenvalue weighted by atomic mass is 35.5. The van der Waals surface area contributed by atoms with Crippen molar-refractivity contribution in [2.75, 3.05) is 0 Å². The van der Waals surface area contributed by atoms with Crippen molar-refractivity contribution in [3.63, 3.8) is 0 Å². The molecule has 0 spiro atoms. The Morgan fingerprint density at radius 2 is 1.78 bits per heavy atom. The predicted octanol–water partition coefficient (Wildman–Crippen LogP) is 2.80. The monoisotopic (exact) mass is 144 g/mol. The van der Waals surface area contributed by atoms with Crippen molar-refractivity contribution in [3.8, 4) is 0 Å². The van der Waals surface area contributed by atoms with E-state index >= 15 is 0 Å². The van der Waals surface area contributed by atoms with Gasteiger partial charge in [0, 0.05) is 5.38 Å². The van der Waals surface area contributed by atoms with Gasteiger partial charge in [-0.05, 0) is 37.5 Å². The minimum absolute atomic E-state index is 0.531. The molecule has 2 aliphatic carbocycles. The fourth-order valence-corrected chi connectivity index (χ4v) is 2.69. The van der Waals surface area contributed by atoms with Crippen LogP contribution >= 0.6 is 11.6 Å². The van der Waals surface area contributed by atoms with E-state index in [1.807, 2.05) is 0 Å². The van der Waals surface area contributed by atoms with Crippen molar-refractivity contribution in [3.05, 3.63) is 0 Å². The van der Waals surface area contributed by atoms with Crippen LogP contribution in [0.5, 0.6) is 0 Å². The molecule has 0 aromatic rings. The quantitative estimate of drug-likeness (QED) is 0.459. The number of rotatable bonds is 0. The molecule has 0 nitrogen and oxygen atoms in total. The molecular weight excluding hydrogens is 132 g/mol. The van der Waals surface area contributed by atoms with Gasteiger partial charge in [0.15, 0.2) is 0 Å². The lowest BCUT2D eigenvalue weighted by Gasteiger charge is -2.23. The topological polar surface area (TPSA) is 0 Å². The Morgan fingerprint density at radius 3 is 2.56 bits per heavy atom. The van der Waals surface area contributed by atoms with Gasteiger partial charge in [0.1, 0.15) is 0 Å². The first-order valence-electron chi connectivity index (χ1n) is 4.00. The van der Waals surface area contributed by atoms with E-state index in [9.17, 15) is 0 Å². The zero-order valence-electron chi connectivity index (χ0n) is 5.65. The molecule has 0 radical (unpaired) electrons. The van der Waals surface area contributed by atoms with Crippen LogP contribution in [-0.4, -0.2) is 5.38 Å². The molecule has 0 saturated heterocycles. The highest BCUT2D eigenvalue weighted by Crippen LogP contribution is 2.43. The lowest BCUT2D eigenvalue weighted by atomic mass is 9.89. The third-order valence-corrected chi connectivity index (χ3v) is 3.52. The van der Waals surface area contributed by atoms with Gasteiger partial charge in [-0.25, -0.2) is 0 Å². The summed E-state index contributed by atoms with van der Waals surface area (Å²) in [5.74, 6) is 1.95. The van der Waals surface area contributed by atoms with Crippen molar-refractivity contribution in [2.24, 2.45) is 11.8 Å². The highest BCUT2D eigenvalue weighted by Gasteiger charge is 2.34. The van der Waals surface area contributed by atoms with E-state index in [1.165, 1.54) is 32.1 Å². The van der Waals surface area contributed by atoms with Crippen LogP contribution in [-0.2, 0) is 0 Å². The highest BCUT2D eigenvalue weighted by molar-refractivity contribution is 6.20. The third kappa shape index (κ3) is 0.980. The summed E-state index contributed by atoms with van der Waals surface area (Å²) in [5, 5.41) is 0.531. The summed E-state index contributed by atoms with van der Waals surface area (Å²) in [7, 11) is 0. The van der Waals surface area contributed by atoms with E-state index in [0.717, 1.165) is 11.8 Å². The van der Waals surface area contributed by atoms with E-state index in [-0.39, 0.29) is 0 Å². The Bertz CT molecular complexity index is 111. The number of hydrogen-bond acceptors (Lipinski definition) is 0. The van der Waals surface area contributed by atoms with Crippen LogP contribution in [0.1, 0.15) is 32.1 Å². The Balaban J connectivity index is 2.05. The van der Waals surface area contributed by atoms with Crippen LogP contribution in [0.4, 0.5) is 0 Å². The first-order chi connectivity index (χ1) is 4.36. The van der Waals surface area contributed by atoms with Crippen LogP contribution in [0.2, 0.25) is 0 Å². The second-order valence-electron chi connectivity index (χ2n) is 3.53.